The number of ether oxygens (including phenoxy) is 2. The van der Waals surface area contributed by atoms with Crippen molar-refractivity contribution in [2.24, 2.45) is 5.10 Å². The number of nitrogens with zero attached hydrogens (tertiary/aromatic N) is 3. The Bertz CT molecular complexity index is 1360. The van der Waals surface area contributed by atoms with Gasteiger partial charge in [0.05, 0.1) is 22.3 Å². The molecule has 174 valence electrons. The first-order chi connectivity index (χ1) is 16.2. The topological polar surface area (TPSA) is 111 Å². The first-order valence-electron chi connectivity index (χ1n) is 9.33. The number of carbonyl (C=O) groups is 2. The van der Waals surface area contributed by atoms with Crippen LogP contribution in [0.25, 0.3) is 10.8 Å². The van der Waals surface area contributed by atoms with Gasteiger partial charge in [-0.15, -0.1) is 0 Å². The van der Waals surface area contributed by atoms with E-state index in [2.05, 4.69) is 14.6 Å². The molecular weight excluding hydrogens is 466 g/mol. The molecule has 0 aromatic heterocycles. The van der Waals surface area contributed by atoms with Crippen LogP contribution in [0.1, 0.15) is 26.3 Å². The van der Waals surface area contributed by atoms with Crippen molar-refractivity contribution in [3.05, 3.63) is 75.3 Å². The van der Waals surface area contributed by atoms with Gasteiger partial charge in [0, 0.05) is 29.1 Å². The van der Waals surface area contributed by atoms with E-state index in [0.717, 1.165) is 30.5 Å². The van der Waals surface area contributed by atoms with E-state index in [0.29, 0.717) is 10.4 Å². The maximum Gasteiger partial charge on any atom is 0.387 e. The predicted molar refractivity (Wildman–Crippen MR) is 108 cm³/mol. The lowest BCUT2D eigenvalue weighted by Gasteiger charge is -2.23. The number of hydrazone groups is 1. The van der Waals surface area contributed by atoms with E-state index in [-0.39, 0.29) is 27.8 Å². The fourth-order valence-corrected chi connectivity index (χ4v) is 3.41. The molecule has 0 bridgehead atoms. The Morgan fingerprint density at radius 3 is 2.32 bits per heavy atom. The SMILES string of the molecule is O=C1c2cccc3cc([N+](=O)[O-])cc(c23)C(=O)N1/N=C/c1ccc(OC(F)F)cc1OC(F)F. The van der Waals surface area contributed by atoms with Gasteiger partial charge in [0.1, 0.15) is 11.5 Å². The standard InChI is InChI=1S/C21H11F4N3O6/c22-20(23)33-13-5-4-11(16(8-13)34-21(24)25)9-26-27-18(29)14-3-1-2-10-6-12(28(31)32)7-15(17(10)14)19(27)30/h1-9,20-21H/b26-9+. The van der Waals surface area contributed by atoms with Crippen LogP contribution in [-0.4, -0.2) is 41.2 Å². The van der Waals surface area contributed by atoms with Crippen LogP contribution >= 0.6 is 0 Å². The van der Waals surface area contributed by atoms with Gasteiger partial charge in [-0.1, -0.05) is 12.1 Å². The highest BCUT2D eigenvalue weighted by Crippen LogP contribution is 2.34. The van der Waals surface area contributed by atoms with Crippen LogP contribution in [0.3, 0.4) is 0 Å². The summed E-state index contributed by atoms with van der Waals surface area (Å²) in [6.45, 7) is -6.54. The molecule has 0 saturated heterocycles. The summed E-state index contributed by atoms with van der Waals surface area (Å²) in [6.07, 6.45) is 0.835. The number of hydrogen-bond acceptors (Lipinski definition) is 7. The molecule has 3 aromatic rings. The molecule has 0 N–H and O–H groups in total. The van der Waals surface area contributed by atoms with Crippen LogP contribution in [0.5, 0.6) is 11.5 Å². The van der Waals surface area contributed by atoms with Crippen molar-refractivity contribution >= 4 is 34.5 Å². The molecule has 0 atom stereocenters. The molecule has 4 rings (SSSR count). The molecule has 0 fully saturated rings. The average molecular weight is 477 g/mol. The lowest BCUT2D eigenvalue weighted by molar-refractivity contribution is -0.384. The molecule has 1 heterocycles. The van der Waals surface area contributed by atoms with E-state index in [1.165, 1.54) is 24.3 Å². The van der Waals surface area contributed by atoms with Crippen LogP contribution in [-0.2, 0) is 0 Å². The number of halogens is 4. The summed E-state index contributed by atoms with van der Waals surface area (Å²) in [7, 11) is 0. The third kappa shape index (κ3) is 4.22. The summed E-state index contributed by atoms with van der Waals surface area (Å²) in [5.41, 5.74) is -0.677. The molecule has 3 aromatic carbocycles. The van der Waals surface area contributed by atoms with Gasteiger partial charge in [0.15, 0.2) is 0 Å². The summed E-state index contributed by atoms with van der Waals surface area (Å²) in [5.74, 6) is -2.92. The maximum atomic E-state index is 13.0. The largest absolute Gasteiger partial charge is 0.435 e. The van der Waals surface area contributed by atoms with Crippen LogP contribution in [0.2, 0.25) is 0 Å². The quantitative estimate of drug-likeness (QED) is 0.162. The Kier molecular flexibility index (Phi) is 5.84. The Labute approximate surface area is 186 Å². The zero-order valence-corrected chi connectivity index (χ0v) is 16.7. The van der Waals surface area contributed by atoms with Crippen molar-refractivity contribution < 1.29 is 41.5 Å². The second-order valence-electron chi connectivity index (χ2n) is 6.78. The number of benzene rings is 3. The number of nitro groups is 1. The number of amides is 2. The average Bonchev–Trinajstić information content (AvgIpc) is 2.77. The van der Waals surface area contributed by atoms with Gasteiger partial charge >= 0.3 is 13.2 Å². The van der Waals surface area contributed by atoms with Crippen molar-refractivity contribution in [1.82, 2.24) is 5.01 Å². The zero-order valence-electron chi connectivity index (χ0n) is 16.7. The Hall–Kier alpha value is -4.55. The van der Waals surface area contributed by atoms with E-state index in [1.807, 2.05) is 0 Å². The van der Waals surface area contributed by atoms with Gasteiger partial charge in [0.2, 0.25) is 0 Å². The van der Waals surface area contributed by atoms with Gasteiger partial charge in [0.25, 0.3) is 17.5 Å². The van der Waals surface area contributed by atoms with Crippen molar-refractivity contribution in [1.29, 1.82) is 0 Å². The van der Waals surface area contributed by atoms with Crippen LogP contribution in [0.4, 0.5) is 23.2 Å². The third-order valence-electron chi connectivity index (χ3n) is 4.76. The zero-order chi connectivity index (χ0) is 24.6. The summed E-state index contributed by atoms with van der Waals surface area (Å²) in [4.78, 5) is 36.4. The monoisotopic (exact) mass is 477 g/mol. The highest BCUT2D eigenvalue weighted by Gasteiger charge is 2.34. The third-order valence-corrected chi connectivity index (χ3v) is 4.76. The number of imide groups is 1. The predicted octanol–water partition coefficient (Wildman–Crippen LogP) is 4.58. The molecule has 13 heteroatoms. The highest BCUT2D eigenvalue weighted by molar-refractivity contribution is 6.25. The number of carbonyl (C=O) groups excluding carboxylic acids is 2. The Morgan fingerprint density at radius 2 is 1.65 bits per heavy atom. The molecule has 0 radical (unpaired) electrons. The fraction of sp³-hybridized carbons (Fsp3) is 0.0952. The molecule has 0 unspecified atom stereocenters. The Morgan fingerprint density at radius 1 is 0.941 bits per heavy atom. The van der Waals surface area contributed by atoms with E-state index in [4.69, 9.17) is 0 Å². The molecule has 0 spiro atoms. The molecule has 1 aliphatic rings. The lowest BCUT2D eigenvalue weighted by Crippen LogP contribution is -2.36. The van der Waals surface area contributed by atoms with E-state index >= 15 is 0 Å². The molecule has 2 amide bonds. The normalized spacial score (nSPS) is 13.4. The molecular formula is C21H11F4N3O6. The minimum absolute atomic E-state index is 0.0453. The molecule has 9 nitrogen and oxygen atoms in total. The van der Waals surface area contributed by atoms with Crippen molar-refractivity contribution in [3.63, 3.8) is 0 Å². The van der Waals surface area contributed by atoms with E-state index in [1.54, 1.807) is 0 Å². The maximum absolute atomic E-state index is 13.0. The Balaban J connectivity index is 1.75. The van der Waals surface area contributed by atoms with Crippen LogP contribution in [0, 0.1) is 10.1 Å². The summed E-state index contributed by atoms with van der Waals surface area (Å²) in [6, 6.07) is 9.44. The van der Waals surface area contributed by atoms with Gasteiger partial charge in [-0.05, 0) is 23.6 Å². The van der Waals surface area contributed by atoms with Crippen LogP contribution < -0.4 is 9.47 Å². The van der Waals surface area contributed by atoms with E-state index in [9.17, 15) is 37.3 Å². The van der Waals surface area contributed by atoms with Crippen molar-refractivity contribution in [2.45, 2.75) is 13.2 Å². The summed E-state index contributed by atoms with van der Waals surface area (Å²) >= 11 is 0. The van der Waals surface area contributed by atoms with Crippen LogP contribution in [0.15, 0.2) is 53.6 Å². The molecule has 34 heavy (non-hydrogen) atoms. The highest BCUT2D eigenvalue weighted by atomic mass is 19.3. The molecule has 0 saturated carbocycles. The van der Waals surface area contributed by atoms with Gasteiger partial charge in [-0.3, -0.25) is 19.7 Å². The van der Waals surface area contributed by atoms with Gasteiger partial charge in [-0.25, -0.2) is 0 Å². The van der Waals surface area contributed by atoms with Crippen molar-refractivity contribution in [2.75, 3.05) is 0 Å². The number of non-ortho nitro benzene ring substituents is 1. The first kappa shape index (κ1) is 22.6. The lowest BCUT2D eigenvalue weighted by atomic mass is 9.94. The smallest absolute Gasteiger partial charge is 0.387 e. The minimum Gasteiger partial charge on any atom is -0.435 e. The fourth-order valence-electron chi connectivity index (χ4n) is 3.41. The summed E-state index contributed by atoms with van der Waals surface area (Å²) < 4.78 is 58.8. The van der Waals surface area contributed by atoms with Crippen molar-refractivity contribution in [3.8, 4) is 11.5 Å². The number of alkyl halides is 4. The second-order valence-corrected chi connectivity index (χ2v) is 6.78. The van der Waals surface area contributed by atoms with Gasteiger partial charge < -0.3 is 9.47 Å². The number of nitro benzene ring substituents is 1. The first-order valence-corrected chi connectivity index (χ1v) is 9.33. The van der Waals surface area contributed by atoms with Gasteiger partial charge in [-0.2, -0.15) is 27.7 Å². The van der Waals surface area contributed by atoms with E-state index < -0.39 is 41.5 Å². The molecule has 0 aliphatic carbocycles. The second kappa shape index (κ2) is 8.77. The number of rotatable bonds is 7. The minimum atomic E-state index is -3.32. The molecule has 1 aliphatic heterocycles. The summed E-state index contributed by atoms with van der Waals surface area (Å²) in [5, 5.41) is 15.9. The number of hydrogen-bond donors (Lipinski definition) is 0.